The van der Waals surface area contributed by atoms with Crippen molar-refractivity contribution >= 4 is 5.97 Å². The maximum absolute atomic E-state index is 10.4. The number of hydrogen-bond donors (Lipinski definition) is 1. The van der Waals surface area contributed by atoms with Crippen LogP contribution in [-0.2, 0) is 14.3 Å². The third-order valence-corrected chi connectivity index (χ3v) is 3.24. The van der Waals surface area contributed by atoms with Crippen LogP contribution < -0.4 is 0 Å². The number of nitrogens with zero attached hydrogens (tertiary/aromatic N) is 1. The van der Waals surface area contributed by atoms with Crippen LogP contribution in [0.2, 0.25) is 0 Å². The molecule has 0 aromatic heterocycles. The molecule has 5 heteroatoms. The quantitative estimate of drug-likeness (QED) is 0.677. The highest BCUT2D eigenvalue weighted by Crippen LogP contribution is 2.23. The molecule has 0 saturated carbocycles. The van der Waals surface area contributed by atoms with Gasteiger partial charge in [-0.05, 0) is 20.3 Å². The Balaban J connectivity index is 2.37. The summed E-state index contributed by atoms with van der Waals surface area (Å²) in [5.41, 5.74) is 0. The molecule has 0 amide bonds. The van der Waals surface area contributed by atoms with Gasteiger partial charge in [-0.25, -0.2) is 0 Å². The monoisotopic (exact) mass is 245 g/mol. The van der Waals surface area contributed by atoms with Crippen LogP contribution in [0.1, 0.15) is 26.7 Å². The minimum absolute atomic E-state index is 0.0616. The van der Waals surface area contributed by atoms with E-state index in [1.165, 1.54) is 0 Å². The maximum Gasteiger partial charge on any atom is 0.305 e. The van der Waals surface area contributed by atoms with Gasteiger partial charge in [0, 0.05) is 19.7 Å². The fourth-order valence-electron chi connectivity index (χ4n) is 2.33. The van der Waals surface area contributed by atoms with Gasteiger partial charge in [-0.1, -0.05) is 0 Å². The second-order valence-electron chi connectivity index (χ2n) is 4.68. The smallest absolute Gasteiger partial charge is 0.305 e. The molecule has 0 bridgehead atoms. The highest BCUT2D eigenvalue weighted by molar-refractivity contribution is 5.66. The zero-order valence-electron chi connectivity index (χ0n) is 10.9. The molecule has 0 spiro atoms. The Kier molecular flexibility index (Phi) is 5.88. The van der Waals surface area contributed by atoms with Crippen LogP contribution in [0.4, 0.5) is 0 Å². The number of rotatable bonds is 7. The molecule has 0 aliphatic carbocycles. The molecule has 1 rings (SSSR count). The highest BCUT2D eigenvalue weighted by Gasteiger charge is 2.35. The van der Waals surface area contributed by atoms with E-state index in [1.54, 1.807) is 7.11 Å². The molecule has 17 heavy (non-hydrogen) atoms. The number of likely N-dealkylation sites (tertiary alicyclic amines) is 1. The molecule has 1 fully saturated rings. The van der Waals surface area contributed by atoms with Crippen LogP contribution in [0.3, 0.4) is 0 Å². The van der Waals surface area contributed by atoms with Crippen molar-refractivity contribution in [2.45, 2.75) is 44.9 Å². The molecule has 1 heterocycles. The summed E-state index contributed by atoms with van der Waals surface area (Å²) in [6.07, 6.45) is 1.27. The Labute approximate surface area is 103 Å². The van der Waals surface area contributed by atoms with Crippen molar-refractivity contribution in [3.8, 4) is 0 Å². The van der Waals surface area contributed by atoms with E-state index in [2.05, 4.69) is 18.7 Å². The van der Waals surface area contributed by atoms with Crippen LogP contribution in [0.5, 0.6) is 0 Å². The van der Waals surface area contributed by atoms with Crippen LogP contribution in [0.25, 0.3) is 0 Å². The van der Waals surface area contributed by atoms with Crippen molar-refractivity contribution in [1.29, 1.82) is 0 Å². The van der Waals surface area contributed by atoms with Crippen molar-refractivity contribution < 1.29 is 19.4 Å². The lowest BCUT2D eigenvalue weighted by atomic mass is 10.1. The van der Waals surface area contributed by atoms with Gasteiger partial charge in [0.1, 0.15) is 0 Å². The minimum atomic E-state index is -0.819. The van der Waals surface area contributed by atoms with Crippen molar-refractivity contribution in [1.82, 2.24) is 4.90 Å². The molecule has 100 valence electrons. The van der Waals surface area contributed by atoms with Gasteiger partial charge >= 0.3 is 5.97 Å². The Morgan fingerprint density at radius 2 is 2.24 bits per heavy atom. The molecule has 0 unspecified atom stereocenters. The van der Waals surface area contributed by atoms with Crippen molar-refractivity contribution in [2.24, 2.45) is 0 Å². The van der Waals surface area contributed by atoms with Crippen LogP contribution in [-0.4, -0.2) is 61.0 Å². The topological polar surface area (TPSA) is 59.0 Å². The van der Waals surface area contributed by atoms with E-state index in [9.17, 15) is 4.79 Å². The first-order valence-corrected chi connectivity index (χ1v) is 6.14. The van der Waals surface area contributed by atoms with E-state index in [1.807, 2.05) is 0 Å². The van der Waals surface area contributed by atoms with Crippen LogP contribution in [0, 0.1) is 0 Å². The molecule has 0 radical (unpaired) electrons. The van der Waals surface area contributed by atoms with Gasteiger partial charge in [-0.3, -0.25) is 9.69 Å². The van der Waals surface area contributed by atoms with E-state index in [0.29, 0.717) is 12.6 Å². The lowest BCUT2D eigenvalue weighted by Crippen LogP contribution is -2.43. The van der Waals surface area contributed by atoms with Crippen molar-refractivity contribution in [3.63, 3.8) is 0 Å². The molecule has 1 saturated heterocycles. The van der Waals surface area contributed by atoms with E-state index in [0.717, 1.165) is 13.0 Å². The van der Waals surface area contributed by atoms with E-state index < -0.39 is 5.97 Å². The molecule has 5 nitrogen and oxygen atoms in total. The first-order chi connectivity index (χ1) is 8.06. The third kappa shape index (κ3) is 4.26. The summed E-state index contributed by atoms with van der Waals surface area (Å²) in [6.45, 7) is 6.14. The molecular weight excluding hydrogens is 222 g/mol. The molecule has 0 aromatic rings. The summed E-state index contributed by atoms with van der Waals surface area (Å²) in [5, 5.41) is 8.53. The van der Waals surface area contributed by atoms with E-state index >= 15 is 0 Å². The van der Waals surface area contributed by atoms with E-state index in [4.69, 9.17) is 14.6 Å². The second-order valence-corrected chi connectivity index (χ2v) is 4.68. The van der Waals surface area contributed by atoms with Gasteiger partial charge in [0.2, 0.25) is 0 Å². The van der Waals surface area contributed by atoms with Gasteiger partial charge in [-0.15, -0.1) is 0 Å². The van der Waals surface area contributed by atoms with Gasteiger partial charge in [0.25, 0.3) is 0 Å². The predicted octanol–water partition coefficient (Wildman–Crippen LogP) is 0.975. The van der Waals surface area contributed by atoms with Crippen LogP contribution in [0.15, 0.2) is 0 Å². The largest absolute Gasteiger partial charge is 0.481 e. The van der Waals surface area contributed by atoms with Gasteiger partial charge in [0.05, 0.1) is 31.8 Å². The summed E-state index contributed by atoms with van der Waals surface area (Å²) in [7, 11) is 1.72. The Morgan fingerprint density at radius 1 is 1.53 bits per heavy atom. The highest BCUT2D eigenvalue weighted by atomic mass is 16.5. The van der Waals surface area contributed by atoms with Gasteiger partial charge in [0.15, 0.2) is 0 Å². The lowest BCUT2D eigenvalue weighted by molar-refractivity contribution is -0.138. The minimum Gasteiger partial charge on any atom is -0.481 e. The first kappa shape index (κ1) is 14.4. The SMILES string of the molecule is CO[C@H]1CCN(C(C)C)[C@@H]1COCCC(=O)O. The maximum atomic E-state index is 10.4. The summed E-state index contributed by atoms with van der Waals surface area (Å²) >= 11 is 0. The molecule has 1 N–H and O–H groups in total. The fraction of sp³-hybridized carbons (Fsp3) is 0.917. The summed E-state index contributed by atoms with van der Waals surface area (Å²) in [4.78, 5) is 12.7. The first-order valence-electron chi connectivity index (χ1n) is 6.14. The fourth-order valence-corrected chi connectivity index (χ4v) is 2.33. The van der Waals surface area contributed by atoms with Gasteiger partial charge < -0.3 is 14.6 Å². The average Bonchev–Trinajstić information content (AvgIpc) is 2.67. The average molecular weight is 245 g/mol. The number of carboxylic acids is 1. The van der Waals surface area contributed by atoms with E-state index in [-0.39, 0.29) is 25.2 Å². The lowest BCUT2D eigenvalue weighted by Gasteiger charge is -2.30. The molecular formula is C12H23NO4. The number of carbonyl (C=O) groups is 1. The summed E-state index contributed by atoms with van der Waals surface area (Å²) in [5.74, 6) is -0.819. The summed E-state index contributed by atoms with van der Waals surface area (Å²) in [6, 6.07) is 0.706. The zero-order valence-corrected chi connectivity index (χ0v) is 10.9. The third-order valence-electron chi connectivity index (χ3n) is 3.24. The van der Waals surface area contributed by atoms with Crippen molar-refractivity contribution in [2.75, 3.05) is 26.9 Å². The second kappa shape index (κ2) is 6.93. The standard InChI is InChI=1S/C12H23NO4/c1-9(2)13-6-4-11(16-3)10(13)8-17-7-5-12(14)15/h9-11H,4-8H2,1-3H3,(H,14,15)/t10-,11+/m1/s1. The Hall–Kier alpha value is -0.650. The Morgan fingerprint density at radius 3 is 2.76 bits per heavy atom. The number of carboxylic acid groups (broad SMARTS) is 1. The van der Waals surface area contributed by atoms with Crippen LogP contribution >= 0.6 is 0 Å². The molecule has 2 atom stereocenters. The van der Waals surface area contributed by atoms with Crippen molar-refractivity contribution in [3.05, 3.63) is 0 Å². The molecule has 1 aliphatic heterocycles. The number of ether oxygens (including phenoxy) is 2. The molecule has 1 aliphatic rings. The number of aliphatic carboxylic acids is 1. The predicted molar refractivity (Wildman–Crippen MR) is 64.1 cm³/mol. The number of methoxy groups -OCH3 is 1. The number of hydrogen-bond acceptors (Lipinski definition) is 4. The summed E-state index contributed by atoms with van der Waals surface area (Å²) < 4.78 is 10.9. The Bertz CT molecular complexity index is 245. The zero-order chi connectivity index (χ0) is 12.8. The normalized spacial score (nSPS) is 25.6. The molecule has 0 aromatic carbocycles. The van der Waals surface area contributed by atoms with Gasteiger partial charge in [-0.2, -0.15) is 0 Å².